The Kier molecular flexibility index (Phi) is 5.74. The van der Waals surface area contributed by atoms with Crippen molar-refractivity contribution in [1.29, 1.82) is 0 Å². The van der Waals surface area contributed by atoms with Crippen molar-refractivity contribution in [2.45, 2.75) is 0 Å². The molecule has 0 fully saturated rings. The fraction of sp³-hybridized carbons (Fsp3) is 0. The predicted octanol–water partition coefficient (Wildman–Crippen LogP) is 12.6. The Hall–Kier alpha value is -7.17. The highest BCUT2D eigenvalue weighted by Crippen LogP contribution is 2.41. The maximum Gasteiger partial charge on any atom is 0.140 e. The zero-order valence-electron chi connectivity index (χ0n) is 28.6. The summed E-state index contributed by atoms with van der Waals surface area (Å²) < 4.78 is 7.13. The van der Waals surface area contributed by atoms with Crippen LogP contribution in [0.15, 0.2) is 182 Å². The van der Waals surface area contributed by atoms with Crippen LogP contribution in [0.4, 0.5) is 0 Å². The average Bonchev–Trinajstić information content (AvgIpc) is 3.96. The number of hydrogen-bond donors (Lipinski definition) is 0. The molecule has 0 atom stereocenters. The molecule has 0 amide bonds. The largest absolute Gasteiger partial charge is 0.309 e. The third-order valence-corrected chi connectivity index (χ3v) is 11.2. The zero-order valence-corrected chi connectivity index (χ0v) is 28.6. The number of imidazole rings is 1. The number of para-hydroxylation sites is 3. The van der Waals surface area contributed by atoms with Crippen LogP contribution in [0.5, 0.6) is 0 Å². The van der Waals surface area contributed by atoms with Gasteiger partial charge in [0.25, 0.3) is 0 Å². The van der Waals surface area contributed by atoms with E-state index in [-0.39, 0.29) is 0 Å². The Morgan fingerprint density at radius 3 is 1.43 bits per heavy atom. The summed E-state index contributed by atoms with van der Waals surface area (Å²) in [6, 6.07) is 65.9. The Morgan fingerprint density at radius 1 is 0.321 bits per heavy atom. The molecule has 0 unspecified atom stereocenters. The monoisotopic (exact) mass is 674 g/mol. The van der Waals surface area contributed by atoms with Crippen LogP contribution in [0.3, 0.4) is 0 Å². The fourth-order valence-corrected chi connectivity index (χ4v) is 8.88. The van der Waals surface area contributed by atoms with Crippen LogP contribution in [0.25, 0.3) is 105 Å². The summed E-state index contributed by atoms with van der Waals surface area (Å²) in [4.78, 5) is 5.29. The van der Waals surface area contributed by atoms with Gasteiger partial charge in [-0.05, 0) is 65.7 Å². The van der Waals surface area contributed by atoms with Crippen molar-refractivity contribution in [2.75, 3.05) is 0 Å². The zero-order chi connectivity index (χ0) is 34.6. The van der Waals surface area contributed by atoms with E-state index in [9.17, 15) is 0 Å². The molecule has 53 heavy (non-hydrogen) atoms. The van der Waals surface area contributed by atoms with Crippen LogP contribution in [-0.2, 0) is 0 Å². The van der Waals surface area contributed by atoms with Gasteiger partial charge >= 0.3 is 0 Å². The summed E-state index contributed by atoms with van der Waals surface area (Å²) in [5.74, 6) is 0. The minimum Gasteiger partial charge on any atom is -0.309 e. The SMILES string of the molecule is c1ccc(-c2nc3cc(-n4c5ccccc5c5cc(-c6ccc7c(c6)c6ccccc6n7-c6ccccc6)ccc54)cc4c5ccccc5c2n34)cc1. The molecule has 0 saturated carbocycles. The van der Waals surface area contributed by atoms with Crippen molar-refractivity contribution < 1.29 is 0 Å². The standard InChI is InChI=1S/C49H30N4/c1-3-13-31(14-4-1)48-49-39-20-8-7-17-36(39)46-29-35(30-47(50-48)53(46)49)52-43-22-12-10-19-38(43)41-28-33(24-26-45(41)52)32-23-25-44-40(27-32)37-18-9-11-21-42(37)51(44)34-15-5-2-6-16-34/h1-30H. The smallest absolute Gasteiger partial charge is 0.140 e. The highest BCUT2D eigenvalue weighted by Gasteiger charge is 2.22. The normalized spacial score (nSPS) is 12.2. The summed E-state index contributed by atoms with van der Waals surface area (Å²) in [6.07, 6.45) is 0. The van der Waals surface area contributed by atoms with Crippen molar-refractivity contribution in [3.63, 3.8) is 0 Å². The molecule has 7 aromatic carbocycles. The summed E-state index contributed by atoms with van der Waals surface area (Å²) in [7, 11) is 0. The lowest BCUT2D eigenvalue weighted by molar-refractivity contribution is 1.17. The van der Waals surface area contributed by atoms with Crippen molar-refractivity contribution in [3.05, 3.63) is 182 Å². The van der Waals surface area contributed by atoms with Crippen LogP contribution in [0, 0.1) is 0 Å². The van der Waals surface area contributed by atoms with Crippen LogP contribution in [0.2, 0.25) is 0 Å². The van der Waals surface area contributed by atoms with Gasteiger partial charge in [-0.1, -0.05) is 121 Å². The lowest BCUT2D eigenvalue weighted by atomic mass is 10.0. The van der Waals surface area contributed by atoms with E-state index in [1.54, 1.807) is 0 Å². The van der Waals surface area contributed by atoms with Crippen LogP contribution in [-0.4, -0.2) is 18.5 Å². The molecule has 0 N–H and O–H groups in total. The second-order valence-electron chi connectivity index (χ2n) is 14.0. The number of nitrogens with zero attached hydrogens (tertiary/aromatic N) is 4. The number of benzene rings is 7. The van der Waals surface area contributed by atoms with Gasteiger partial charge in [0, 0.05) is 49.6 Å². The van der Waals surface area contributed by atoms with E-state index in [1.807, 2.05) is 0 Å². The van der Waals surface area contributed by atoms with Gasteiger partial charge < -0.3 is 9.13 Å². The quantitative estimate of drug-likeness (QED) is 0.183. The molecule has 12 rings (SSSR count). The molecular formula is C49H30N4. The average molecular weight is 675 g/mol. The maximum absolute atomic E-state index is 5.29. The molecule has 0 radical (unpaired) electrons. The summed E-state index contributed by atoms with van der Waals surface area (Å²) in [5, 5.41) is 7.44. The lowest BCUT2D eigenvalue weighted by Crippen LogP contribution is -1.96. The van der Waals surface area contributed by atoms with Crippen molar-refractivity contribution >= 4 is 71.1 Å². The molecule has 4 nitrogen and oxygen atoms in total. The summed E-state index contributed by atoms with van der Waals surface area (Å²) in [6.45, 7) is 0. The molecule has 246 valence electrons. The van der Waals surface area contributed by atoms with E-state index in [2.05, 4.69) is 196 Å². The number of pyridine rings is 1. The first-order chi connectivity index (χ1) is 26.3. The van der Waals surface area contributed by atoms with Crippen molar-refractivity contribution in [1.82, 2.24) is 18.5 Å². The lowest BCUT2D eigenvalue weighted by Gasteiger charge is -2.10. The van der Waals surface area contributed by atoms with Gasteiger partial charge in [0.15, 0.2) is 0 Å². The first-order valence-electron chi connectivity index (χ1n) is 18.1. The molecule has 0 aliphatic rings. The molecule has 5 heterocycles. The molecule has 5 aromatic heterocycles. The third kappa shape index (κ3) is 3.98. The van der Waals surface area contributed by atoms with Crippen molar-refractivity contribution in [3.8, 4) is 33.8 Å². The number of hydrogen-bond acceptors (Lipinski definition) is 1. The van der Waals surface area contributed by atoms with Crippen LogP contribution < -0.4 is 0 Å². The number of aromatic nitrogens is 4. The minimum atomic E-state index is 0.952. The molecule has 0 aliphatic heterocycles. The molecule has 4 heteroatoms. The Labute approximate surface area is 304 Å². The van der Waals surface area contributed by atoms with Crippen molar-refractivity contribution in [2.24, 2.45) is 0 Å². The van der Waals surface area contributed by atoms with E-state index in [0.717, 1.165) is 22.6 Å². The highest BCUT2D eigenvalue weighted by atomic mass is 15.1. The van der Waals surface area contributed by atoms with Gasteiger partial charge in [-0.15, -0.1) is 0 Å². The van der Waals surface area contributed by atoms with Gasteiger partial charge in [0.05, 0.1) is 44.5 Å². The van der Waals surface area contributed by atoms with E-state index >= 15 is 0 Å². The fourth-order valence-electron chi connectivity index (χ4n) is 8.88. The van der Waals surface area contributed by atoms with Gasteiger partial charge in [-0.2, -0.15) is 0 Å². The molecule has 0 saturated heterocycles. The van der Waals surface area contributed by atoms with Gasteiger partial charge in [0.1, 0.15) is 5.65 Å². The third-order valence-electron chi connectivity index (χ3n) is 11.2. The Morgan fingerprint density at radius 2 is 0.811 bits per heavy atom. The van der Waals surface area contributed by atoms with Gasteiger partial charge in [0.2, 0.25) is 0 Å². The maximum atomic E-state index is 5.29. The van der Waals surface area contributed by atoms with E-state index in [1.165, 1.54) is 82.2 Å². The Balaban J connectivity index is 1.07. The van der Waals surface area contributed by atoms with Crippen LogP contribution >= 0.6 is 0 Å². The number of fused-ring (bicyclic) bond motifs is 9. The molecule has 0 spiro atoms. The first-order valence-corrected chi connectivity index (χ1v) is 18.1. The van der Waals surface area contributed by atoms with E-state index in [4.69, 9.17) is 4.98 Å². The first kappa shape index (κ1) is 28.5. The molecule has 0 aliphatic carbocycles. The van der Waals surface area contributed by atoms with Gasteiger partial charge in [-0.3, -0.25) is 4.40 Å². The second kappa shape index (κ2) is 10.7. The van der Waals surface area contributed by atoms with Crippen LogP contribution in [0.1, 0.15) is 0 Å². The minimum absolute atomic E-state index is 0.952. The Bertz CT molecular complexity index is 3380. The second-order valence-corrected chi connectivity index (χ2v) is 14.0. The van der Waals surface area contributed by atoms with E-state index in [0.29, 0.717) is 0 Å². The highest BCUT2D eigenvalue weighted by molar-refractivity contribution is 6.16. The molecule has 12 aromatic rings. The summed E-state index contributed by atoms with van der Waals surface area (Å²) >= 11 is 0. The molecule has 0 bridgehead atoms. The van der Waals surface area contributed by atoms with E-state index < -0.39 is 0 Å². The summed E-state index contributed by atoms with van der Waals surface area (Å²) in [5.41, 5.74) is 14.9. The predicted molar refractivity (Wildman–Crippen MR) is 221 cm³/mol. The molecular weight excluding hydrogens is 645 g/mol. The number of rotatable bonds is 4. The topological polar surface area (TPSA) is 27.2 Å². The van der Waals surface area contributed by atoms with Gasteiger partial charge in [-0.25, -0.2) is 4.98 Å².